The molecule has 0 aromatic rings. The number of nitrogens with one attached hydrogen (secondary N) is 1. The molecule has 0 aliphatic carbocycles. The van der Waals surface area contributed by atoms with Crippen molar-refractivity contribution in [3.63, 3.8) is 0 Å². The number of hydrogen-bond donors (Lipinski definition) is 9. The summed E-state index contributed by atoms with van der Waals surface area (Å²) in [6.45, 7) is 2.69. The van der Waals surface area contributed by atoms with Gasteiger partial charge in [0, 0.05) is 6.42 Å². The topological polar surface area (TPSA) is 228 Å². The van der Waals surface area contributed by atoms with Crippen LogP contribution in [0.3, 0.4) is 0 Å². The molecule has 12 unspecified atom stereocenters. The van der Waals surface area contributed by atoms with E-state index in [0.717, 1.165) is 89.9 Å². The van der Waals surface area contributed by atoms with Gasteiger partial charge in [-0.25, -0.2) is 0 Å². The van der Waals surface area contributed by atoms with Gasteiger partial charge in [-0.3, -0.25) is 4.79 Å². The number of amides is 1. The van der Waals surface area contributed by atoms with E-state index in [4.69, 9.17) is 18.9 Å². The Hall–Kier alpha value is -3.61. The number of ether oxygens (including phenoxy) is 4. The maximum atomic E-state index is 13.4. The Kier molecular flexibility index (Phi) is 57.8. The Labute approximate surface area is 571 Å². The molecule has 2 saturated heterocycles. The van der Waals surface area contributed by atoms with E-state index in [1.807, 2.05) is 6.08 Å². The third kappa shape index (κ3) is 45.8. The van der Waals surface area contributed by atoms with Gasteiger partial charge in [-0.05, 0) is 96.3 Å². The summed E-state index contributed by atoms with van der Waals surface area (Å²) < 4.78 is 22.9. The Morgan fingerprint density at radius 3 is 1.17 bits per heavy atom. The summed E-state index contributed by atoms with van der Waals surface area (Å²) in [4.78, 5) is 13.4. The van der Waals surface area contributed by atoms with Gasteiger partial charge in [-0.2, -0.15) is 0 Å². The standard InChI is InChI=1S/C80H137NO13/c1-3-5-7-9-11-13-15-17-19-21-23-25-26-27-28-29-30-31-32-33-34-35-36-37-38-39-40-41-42-44-46-48-50-52-54-56-58-60-62-64-72(85)81-68(69(84)63-61-59-57-55-53-51-49-47-45-43-24-22-20-18-16-14-12-10-8-6-4-2)67-91-79-77(90)75(88)78(71(66-83)93-79)94-80-76(89)74(87)73(86)70(65-82)92-80/h5,7,11,13,17,19,23,25,27-28,30-31,33-34,36-37,53,55,61,63,68-71,73-80,82-84,86-90H,3-4,6,8-10,12,14-16,18,20-22,24,26,29,32,35,38-52,54,56-60,62,64-67H2,1-2H3,(H,81,85)/b7-5-,13-11-,19-17-,25-23-,28-27-,31-30-,34-33-,37-36-,55-53+,63-61+. The van der Waals surface area contributed by atoms with Gasteiger partial charge in [0.1, 0.15) is 48.8 Å². The summed E-state index contributed by atoms with van der Waals surface area (Å²) in [5.74, 6) is -0.252. The van der Waals surface area contributed by atoms with Crippen LogP contribution in [-0.4, -0.2) is 140 Å². The molecule has 0 spiro atoms. The van der Waals surface area contributed by atoms with Gasteiger partial charge in [0.2, 0.25) is 5.91 Å². The summed E-state index contributed by atoms with van der Waals surface area (Å²) >= 11 is 0. The second-order valence-electron chi connectivity index (χ2n) is 26.0. The van der Waals surface area contributed by atoms with E-state index in [9.17, 15) is 45.6 Å². The maximum absolute atomic E-state index is 13.4. The molecule has 0 aromatic heterocycles. The minimum atomic E-state index is -1.80. The van der Waals surface area contributed by atoms with Crippen molar-refractivity contribution >= 4 is 5.91 Å². The molecule has 0 aromatic carbocycles. The SMILES string of the molecule is CC/C=C\C/C=C\C/C=C\C/C=C\C/C=C\C/C=C\C/C=C\C/C=C\CCCCCCCCCCCCCCCCC(=O)NC(COC1OC(CO)C(OC2OC(CO)C(O)C(O)C2O)C(O)C1O)C(O)/C=C/CC/C=C/CCCCCCCCCCCCCCCCC. The third-order valence-corrected chi connectivity index (χ3v) is 17.6. The van der Waals surface area contributed by atoms with Crippen molar-refractivity contribution in [3.05, 3.63) is 122 Å². The van der Waals surface area contributed by atoms with Gasteiger partial charge in [0.05, 0.1) is 32.0 Å². The molecule has 2 rings (SSSR count). The highest BCUT2D eigenvalue weighted by molar-refractivity contribution is 5.76. The molecule has 0 saturated carbocycles. The molecule has 14 heteroatoms. The van der Waals surface area contributed by atoms with Gasteiger partial charge >= 0.3 is 0 Å². The largest absolute Gasteiger partial charge is 0.394 e. The molecule has 2 heterocycles. The average molecular weight is 1320 g/mol. The van der Waals surface area contributed by atoms with Gasteiger partial charge in [0.25, 0.3) is 0 Å². The number of allylic oxidation sites excluding steroid dienone is 19. The van der Waals surface area contributed by atoms with Gasteiger partial charge < -0.3 is 65.1 Å². The highest BCUT2D eigenvalue weighted by Crippen LogP contribution is 2.30. The summed E-state index contributed by atoms with van der Waals surface area (Å²) in [6, 6.07) is -0.940. The second kappa shape index (κ2) is 62.9. The normalized spacial score (nSPS) is 23.2. The number of hydrogen-bond acceptors (Lipinski definition) is 13. The number of carbonyl (C=O) groups excluding carboxylic acids is 1. The van der Waals surface area contributed by atoms with Crippen molar-refractivity contribution < 1.29 is 64.6 Å². The van der Waals surface area contributed by atoms with E-state index >= 15 is 0 Å². The van der Waals surface area contributed by atoms with E-state index in [0.29, 0.717) is 12.8 Å². The van der Waals surface area contributed by atoms with Crippen LogP contribution in [0.1, 0.15) is 284 Å². The second-order valence-corrected chi connectivity index (χ2v) is 26.0. The first-order valence-electron chi connectivity index (χ1n) is 37.8. The number of aliphatic hydroxyl groups excluding tert-OH is 8. The van der Waals surface area contributed by atoms with Crippen molar-refractivity contribution in [2.75, 3.05) is 19.8 Å². The summed E-state index contributed by atoms with van der Waals surface area (Å²) in [7, 11) is 0. The van der Waals surface area contributed by atoms with Gasteiger partial charge in [-0.1, -0.05) is 302 Å². The Bertz CT molecular complexity index is 2040. The molecule has 2 aliphatic heterocycles. The molecular weight excluding hydrogens is 1180 g/mol. The molecule has 14 nitrogen and oxygen atoms in total. The maximum Gasteiger partial charge on any atom is 0.220 e. The molecule has 2 fully saturated rings. The fourth-order valence-corrected chi connectivity index (χ4v) is 11.7. The lowest BCUT2D eigenvalue weighted by Gasteiger charge is -2.46. The van der Waals surface area contributed by atoms with E-state index < -0.39 is 86.8 Å². The van der Waals surface area contributed by atoms with Crippen LogP contribution >= 0.6 is 0 Å². The van der Waals surface area contributed by atoms with Crippen molar-refractivity contribution in [2.24, 2.45) is 0 Å². The van der Waals surface area contributed by atoms with E-state index in [1.165, 1.54) is 161 Å². The molecule has 9 N–H and O–H groups in total. The van der Waals surface area contributed by atoms with Crippen LogP contribution in [-0.2, 0) is 23.7 Å². The highest BCUT2D eigenvalue weighted by Gasteiger charge is 2.51. The number of carbonyl (C=O) groups is 1. The smallest absolute Gasteiger partial charge is 0.220 e. The molecule has 540 valence electrons. The number of unbranched alkanes of at least 4 members (excludes halogenated alkanes) is 30. The van der Waals surface area contributed by atoms with E-state index in [-0.39, 0.29) is 18.9 Å². The molecule has 12 atom stereocenters. The molecule has 0 bridgehead atoms. The minimum Gasteiger partial charge on any atom is -0.394 e. The Morgan fingerprint density at radius 1 is 0.394 bits per heavy atom. The first-order chi connectivity index (χ1) is 46.1. The van der Waals surface area contributed by atoms with Gasteiger partial charge in [0.15, 0.2) is 12.6 Å². The minimum absolute atomic E-state index is 0.252. The van der Waals surface area contributed by atoms with Crippen LogP contribution < -0.4 is 5.32 Å². The zero-order chi connectivity index (χ0) is 68.0. The predicted molar refractivity (Wildman–Crippen MR) is 387 cm³/mol. The molecule has 2 aliphatic rings. The van der Waals surface area contributed by atoms with Crippen molar-refractivity contribution in [1.82, 2.24) is 5.32 Å². The quantitative estimate of drug-likeness (QED) is 0.0204. The first-order valence-corrected chi connectivity index (χ1v) is 37.8. The van der Waals surface area contributed by atoms with Crippen LogP contribution in [0.15, 0.2) is 122 Å². The van der Waals surface area contributed by atoms with Crippen LogP contribution in [0.25, 0.3) is 0 Å². The highest BCUT2D eigenvalue weighted by atomic mass is 16.7. The molecule has 0 radical (unpaired) electrons. The summed E-state index contributed by atoms with van der Waals surface area (Å²) in [5, 5.41) is 87.5. The number of aliphatic hydroxyl groups is 8. The van der Waals surface area contributed by atoms with Gasteiger partial charge in [-0.15, -0.1) is 0 Å². The van der Waals surface area contributed by atoms with Crippen LogP contribution in [0.2, 0.25) is 0 Å². The zero-order valence-electron chi connectivity index (χ0n) is 58.9. The van der Waals surface area contributed by atoms with Crippen LogP contribution in [0.5, 0.6) is 0 Å². The first kappa shape index (κ1) is 86.5. The van der Waals surface area contributed by atoms with Crippen LogP contribution in [0.4, 0.5) is 0 Å². The fourth-order valence-electron chi connectivity index (χ4n) is 11.7. The molecular formula is C80H137NO13. The fraction of sp³-hybridized carbons (Fsp3) is 0.738. The summed E-state index contributed by atoms with van der Waals surface area (Å²) in [5.41, 5.74) is 0. The zero-order valence-corrected chi connectivity index (χ0v) is 58.9. The van der Waals surface area contributed by atoms with E-state index in [2.05, 4.69) is 129 Å². The van der Waals surface area contributed by atoms with E-state index in [1.54, 1.807) is 6.08 Å². The monoisotopic (exact) mass is 1320 g/mol. The Morgan fingerprint density at radius 2 is 0.745 bits per heavy atom. The molecule has 1 amide bonds. The molecule has 94 heavy (non-hydrogen) atoms. The van der Waals surface area contributed by atoms with Crippen molar-refractivity contribution in [3.8, 4) is 0 Å². The Balaban J connectivity index is 1.63. The summed E-state index contributed by atoms with van der Waals surface area (Å²) in [6.07, 6.45) is 75.5. The average Bonchev–Trinajstić information content (AvgIpc) is 0.794. The van der Waals surface area contributed by atoms with Crippen LogP contribution in [0, 0.1) is 0 Å². The lowest BCUT2D eigenvalue weighted by molar-refractivity contribution is -0.359. The van der Waals surface area contributed by atoms with Crippen molar-refractivity contribution in [2.45, 2.75) is 357 Å². The lowest BCUT2D eigenvalue weighted by Crippen LogP contribution is -2.65. The van der Waals surface area contributed by atoms with Crippen molar-refractivity contribution in [1.29, 1.82) is 0 Å². The lowest BCUT2D eigenvalue weighted by atomic mass is 9.97. The predicted octanol–water partition coefficient (Wildman–Crippen LogP) is 16.5. The third-order valence-electron chi connectivity index (χ3n) is 17.6. The number of rotatable bonds is 61.